The molecule has 0 spiro atoms. The molecule has 2 aliphatic rings. The Labute approximate surface area is 222 Å². The molecule has 1 heterocycles. The number of carbonyl (C=O) groups is 2. The number of carbonyl (C=O) groups excluding carboxylic acids is 2. The zero-order valence-electron chi connectivity index (χ0n) is 19.0. The van der Waals surface area contributed by atoms with Gasteiger partial charge in [0.05, 0.1) is 5.56 Å². The van der Waals surface area contributed by atoms with Crippen LogP contribution in [0.5, 0.6) is 0 Å². The number of fused-ring (bicyclic) bond motifs is 1. The van der Waals surface area contributed by atoms with Crippen molar-refractivity contribution in [1.29, 1.82) is 0 Å². The Morgan fingerprint density at radius 2 is 1.78 bits per heavy atom. The summed E-state index contributed by atoms with van der Waals surface area (Å²) in [4.78, 5) is 30.3. The zero-order valence-corrected chi connectivity index (χ0v) is 21.2. The molecule has 1 fully saturated rings. The van der Waals surface area contributed by atoms with Crippen molar-refractivity contribution in [3.63, 3.8) is 0 Å². The van der Waals surface area contributed by atoms with Gasteiger partial charge in [0.1, 0.15) is 16.7 Å². The topological polar surface area (TPSA) is 97.0 Å². The first-order valence-electron chi connectivity index (χ1n) is 11.4. The van der Waals surface area contributed by atoms with E-state index in [-0.39, 0.29) is 23.9 Å². The average molecular weight is 542 g/mol. The third kappa shape index (κ3) is 4.88. The third-order valence-corrected chi connectivity index (χ3v) is 7.13. The highest BCUT2D eigenvalue weighted by Crippen LogP contribution is 2.43. The first-order valence-corrected chi connectivity index (χ1v) is 12.6. The second-order valence-corrected chi connectivity index (χ2v) is 10.2. The molecule has 1 atom stereocenters. The number of hydrogen-bond donors (Lipinski definition) is 2. The van der Waals surface area contributed by atoms with Gasteiger partial charge < -0.3 is 10.6 Å². The van der Waals surface area contributed by atoms with E-state index >= 15 is 0 Å². The van der Waals surface area contributed by atoms with Crippen LogP contribution in [-0.4, -0.2) is 17.9 Å². The molecule has 5 rings (SSSR count). The molecule has 2 amide bonds. The van der Waals surface area contributed by atoms with Crippen LogP contribution in [0.4, 0.5) is 11.4 Å². The molecule has 182 valence electrons. The summed E-state index contributed by atoms with van der Waals surface area (Å²) in [6, 6.07) is 17.3. The number of anilines is 2. The van der Waals surface area contributed by atoms with Gasteiger partial charge in [-0.05, 0) is 67.3 Å². The minimum Gasteiger partial charge on any atom is -0.367 e. The van der Waals surface area contributed by atoms with E-state index in [0.717, 1.165) is 24.8 Å². The van der Waals surface area contributed by atoms with E-state index in [1.54, 1.807) is 48.5 Å². The van der Waals surface area contributed by atoms with Gasteiger partial charge in [-0.2, -0.15) is 0 Å². The van der Waals surface area contributed by atoms with E-state index in [1.165, 1.54) is 0 Å². The minimum atomic E-state index is -1.28. The number of nitrogens with one attached hydrogen (secondary N) is 2. The number of halogens is 3. The lowest BCUT2D eigenvalue weighted by Gasteiger charge is -2.31. The van der Waals surface area contributed by atoms with Crippen LogP contribution in [0.3, 0.4) is 0 Å². The molecule has 0 radical (unpaired) electrons. The van der Waals surface area contributed by atoms with E-state index in [2.05, 4.69) is 25.8 Å². The van der Waals surface area contributed by atoms with Crippen LogP contribution in [0.25, 0.3) is 0 Å². The number of benzene rings is 3. The summed E-state index contributed by atoms with van der Waals surface area (Å²) < 4.78 is 0. The van der Waals surface area contributed by atoms with Crippen molar-refractivity contribution < 1.29 is 9.59 Å². The van der Waals surface area contributed by atoms with Gasteiger partial charge in [-0.25, -0.2) is 0 Å². The van der Waals surface area contributed by atoms with Crippen molar-refractivity contribution in [2.45, 2.75) is 37.3 Å². The van der Waals surface area contributed by atoms with Crippen molar-refractivity contribution >= 4 is 58.0 Å². The van der Waals surface area contributed by atoms with Gasteiger partial charge >= 0.3 is 5.91 Å². The Morgan fingerprint density at radius 3 is 2.53 bits per heavy atom. The molecule has 1 unspecified atom stereocenters. The van der Waals surface area contributed by atoms with E-state index in [0.29, 0.717) is 32.0 Å². The van der Waals surface area contributed by atoms with Crippen LogP contribution < -0.4 is 15.5 Å². The van der Waals surface area contributed by atoms with Crippen LogP contribution in [0, 0.1) is 0 Å². The fraction of sp³-hybridized carbons (Fsp3) is 0.231. The largest absolute Gasteiger partial charge is 0.367 e. The third-order valence-electron chi connectivity index (χ3n) is 6.42. The van der Waals surface area contributed by atoms with Crippen LogP contribution >= 0.6 is 34.8 Å². The summed E-state index contributed by atoms with van der Waals surface area (Å²) in [7, 11) is 0. The Balaban J connectivity index is 1.58. The van der Waals surface area contributed by atoms with E-state index in [1.807, 2.05) is 12.1 Å². The normalized spacial score (nSPS) is 18.5. The van der Waals surface area contributed by atoms with Gasteiger partial charge in [0.25, 0.3) is 5.91 Å². The fourth-order valence-corrected chi connectivity index (χ4v) is 4.93. The maximum atomic E-state index is 13.6. The standard InChI is InChI=1S/C26H20Cl3N5O2/c27-16-4-1-3-15(11-16)14-26(21-10-8-18(29)13-23(21)30-25(26)36)31-22-12-17(28)7-9-20(22)24(35)33-34-32-19-5-2-6-19/h1,3-4,7-13,19H,2,5-6,14H2,(H-,30,31,35,36)/p+1. The molecule has 0 saturated heterocycles. The molecule has 2 N–H and O–H groups in total. The number of rotatable bonds is 6. The van der Waals surface area contributed by atoms with Crippen molar-refractivity contribution in [2.24, 2.45) is 10.2 Å². The zero-order chi connectivity index (χ0) is 25.3. The van der Waals surface area contributed by atoms with Gasteiger partial charge in [-0.3, -0.25) is 9.59 Å². The van der Waals surface area contributed by atoms with E-state index in [4.69, 9.17) is 34.8 Å². The van der Waals surface area contributed by atoms with Gasteiger partial charge in [-0.1, -0.05) is 53.0 Å². The number of amides is 2. The minimum absolute atomic E-state index is 0.121. The molecule has 1 saturated carbocycles. The highest BCUT2D eigenvalue weighted by molar-refractivity contribution is 6.32. The maximum absolute atomic E-state index is 13.6. The van der Waals surface area contributed by atoms with Crippen molar-refractivity contribution in [2.75, 3.05) is 10.6 Å². The Hall–Kier alpha value is -3.22. The second kappa shape index (κ2) is 10.0. The number of nitrogens with zero attached hydrogens (tertiary/aromatic N) is 3. The summed E-state index contributed by atoms with van der Waals surface area (Å²) in [6.07, 6.45) is 3.25. The number of hydrogen-bond acceptors (Lipinski definition) is 4. The maximum Gasteiger partial charge on any atom is 0.362 e. The molecular formula is C26H21Cl3N5O2+. The molecule has 1 aliphatic carbocycles. The van der Waals surface area contributed by atoms with Gasteiger partial charge in [0.2, 0.25) is 10.0 Å². The molecule has 0 aromatic heterocycles. The highest BCUT2D eigenvalue weighted by atomic mass is 35.5. The van der Waals surface area contributed by atoms with Crippen LogP contribution in [-0.2, 0) is 16.8 Å². The average Bonchev–Trinajstić information content (AvgIpc) is 3.05. The fourth-order valence-electron chi connectivity index (χ4n) is 4.37. The summed E-state index contributed by atoms with van der Waals surface area (Å²) in [6.45, 7) is 0. The first kappa shape index (κ1) is 24.5. The second-order valence-electron chi connectivity index (χ2n) is 8.87. The van der Waals surface area contributed by atoms with Crippen molar-refractivity contribution in [1.82, 2.24) is 4.91 Å². The highest BCUT2D eigenvalue weighted by Gasteiger charge is 2.47. The molecule has 0 bridgehead atoms. The van der Waals surface area contributed by atoms with Gasteiger partial charge in [0, 0.05) is 38.4 Å². The SMILES string of the molecule is O=C(N=[N+]=NC1CCC1)c1ccc(Cl)cc1NC1(Cc2cccc(Cl)c2)C(=O)Nc2cc(Cl)ccc21. The van der Waals surface area contributed by atoms with Gasteiger partial charge in [-0.15, -0.1) is 0 Å². The summed E-state index contributed by atoms with van der Waals surface area (Å²) >= 11 is 18.7. The molecule has 36 heavy (non-hydrogen) atoms. The molecule has 3 aromatic rings. The van der Waals surface area contributed by atoms with E-state index < -0.39 is 11.4 Å². The molecular weight excluding hydrogens is 521 g/mol. The molecule has 10 heteroatoms. The van der Waals surface area contributed by atoms with Gasteiger partial charge in [0.15, 0.2) is 0 Å². The van der Waals surface area contributed by atoms with E-state index in [9.17, 15) is 9.59 Å². The lowest BCUT2D eigenvalue weighted by Crippen LogP contribution is -2.44. The molecule has 1 aliphatic heterocycles. The molecule has 7 nitrogen and oxygen atoms in total. The monoisotopic (exact) mass is 540 g/mol. The lowest BCUT2D eigenvalue weighted by molar-refractivity contribution is -0.119. The molecule has 3 aromatic carbocycles. The lowest BCUT2D eigenvalue weighted by atomic mass is 9.84. The predicted molar refractivity (Wildman–Crippen MR) is 141 cm³/mol. The Bertz CT molecular complexity index is 1430. The van der Waals surface area contributed by atoms with Crippen LogP contribution in [0.2, 0.25) is 15.1 Å². The van der Waals surface area contributed by atoms with Crippen LogP contribution in [0.1, 0.15) is 40.7 Å². The van der Waals surface area contributed by atoms with Crippen LogP contribution in [0.15, 0.2) is 70.9 Å². The van der Waals surface area contributed by atoms with Crippen molar-refractivity contribution in [3.05, 3.63) is 92.4 Å². The quantitative estimate of drug-likeness (QED) is 0.265. The summed E-state index contributed by atoms with van der Waals surface area (Å²) in [5.41, 5.74) is 1.36. The first-order chi connectivity index (χ1) is 17.3. The van der Waals surface area contributed by atoms with Crippen molar-refractivity contribution in [3.8, 4) is 0 Å². The smallest absolute Gasteiger partial charge is 0.362 e. The predicted octanol–water partition coefficient (Wildman–Crippen LogP) is 6.81. The Kier molecular flexibility index (Phi) is 6.82. The summed E-state index contributed by atoms with van der Waals surface area (Å²) in [5.74, 6) is -0.899. The Morgan fingerprint density at radius 1 is 1.03 bits per heavy atom. The summed E-state index contributed by atoms with van der Waals surface area (Å²) in [5, 5.41) is 15.5.